The largest absolute Gasteiger partial charge is 0.481 e. The van der Waals surface area contributed by atoms with Gasteiger partial charge >= 0.3 is 12.0 Å². The van der Waals surface area contributed by atoms with Gasteiger partial charge in [0.2, 0.25) is 0 Å². The van der Waals surface area contributed by atoms with Crippen molar-refractivity contribution in [3.05, 3.63) is 29.8 Å². The second kappa shape index (κ2) is 8.02. The zero-order valence-electron chi connectivity index (χ0n) is 12.7. The fourth-order valence-electron chi connectivity index (χ4n) is 2.56. The van der Waals surface area contributed by atoms with E-state index in [0.29, 0.717) is 12.8 Å². The highest BCUT2D eigenvalue weighted by molar-refractivity contribution is 5.89. The first-order chi connectivity index (χ1) is 11.4. The number of rotatable bonds is 5. The van der Waals surface area contributed by atoms with Crippen LogP contribution in [0.4, 0.5) is 19.3 Å². The fraction of sp³-hybridized carbons (Fsp3) is 0.467. The van der Waals surface area contributed by atoms with E-state index in [0.717, 1.165) is 18.2 Å². The van der Waals surface area contributed by atoms with Crippen molar-refractivity contribution in [2.75, 3.05) is 11.9 Å². The zero-order chi connectivity index (χ0) is 17.7. The van der Waals surface area contributed by atoms with E-state index in [1.807, 2.05) is 0 Å². The van der Waals surface area contributed by atoms with Crippen molar-refractivity contribution in [2.24, 2.45) is 0 Å². The first-order valence-electron chi connectivity index (χ1n) is 7.39. The molecule has 1 aromatic rings. The van der Waals surface area contributed by atoms with Crippen LogP contribution in [0, 0.1) is 11.6 Å². The number of anilines is 1. The Balaban J connectivity index is 1.93. The molecule has 9 heteroatoms. The zero-order valence-corrected chi connectivity index (χ0v) is 12.7. The molecule has 1 aromatic carbocycles. The molecule has 1 saturated heterocycles. The summed E-state index contributed by atoms with van der Waals surface area (Å²) in [7, 11) is 0. The molecule has 0 aromatic heterocycles. The number of aliphatic carboxylic acids is 1. The molecule has 1 fully saturated rings. The van der Waals surface area contributed by atoms with Crippen LogP contribution in [0.3, 0.4) is 0 Å². The first kappa shape index (κ1) is 18.1. The number of ether oxygens (including phenoxy) is 1. The second-order valence-electron chi connectivity index (χ2n) is 5.48. The van der Waals surface area contributed by atoms with Crippen LogP contribution < -0.4 is 10.6 Å². The highest BCUT2D eigenvalue weighted by atomic mass is 19.1. The van der Waals surface area contributed by atoms with Gasteiger partial charge in [-0.1, -0.05) is 0 Å². The van der Waals surface area contributed by atoms with Gasteiger partial charge in [0.15, 0.2) is 0 Å². The van der Waals surface area contributed by atoms with E-state index in [4.69, 9.17) is 9.84 Å². The Morgan fingerprint density at radius 2 is 2.04 bits per heavy atom. The molecule has 1 aliphatic heterocycles. The molecular weight excluding hydrogens is 326 g/mol. The number of benzene rings is 1. The minimum absolute atomic E-state index is 0.191. The van der Waals surface area contributed by atoms with Gasteiger partial charge in [-0.25, -0.2) is 13.6 Å². The molecule has 4 N–H and O–H groups in total. The topological polar surface area (TPSA) is 108 Å². The number of nitrogens with one attached hydrogen (secondary N) is 2. The van der Waals surface area contributed by atoms with Gasteiger partial charge in [0.1, 0.15) is 17.7 Å². The molecule has 24 heavy (non-hydrogen) atoms. The molecule has 0 bridgehead atoms. The molecule has 7 nitrogen and oxygen atoms in total. The SMILES string of the molecule is O=C(O)C[C@H]1CC[C@@H](NC(=O)Nc2cc(F)ccc2F)[C@H](CO)O1. The van der Waals surface area contributed by atoms with Crippen molar-refractivity contribution >= 4 is 17.7 Å². The number of aliphatic hydroxyl groups is 1. The van der Waals surface area contributed by atoms with Crippen molar-refractivity contribution in [1.29, 1.82) is 0 Å². The summed E-state index contributed by atoms with van der Waals surface area (Å²) in [5.41, 5.74) is -0.312. The Morgan fingerprint density at radius 1 is 1.29 bits per heavy atom. The lowest BCUT2D eigenvalue weighted by atomic mass is 9.97. The number of hydrogen-bond donors (Lipinski definition) is 4. The Bertz CT molecular complexity index is 614. The lowest BCUT2D eigenvalue weighted by Gasteiger charge is -2.35. The average Bonchev–Trinajstić information content (AvgIpc) is 2.51. The van der Waals surface area contributed by atoms with Crippen LogP contribution >= 0.6 is 0 Å². The summed E-state index contributed by atoms with van der Waals surface area (Å²) in [6, 6.07) is 1.32. The fourth-order valence-corrected chi connectivity index (χ4v) is 2.56. The summed E-state index contributed by atoms with van der Waals surface area (Å²) in [6.45, 7) is -0.407. The molecule has 132 valence electrons. The third kappa shape index (κ3) is 4.87. The van der Waals surface area contributed by atoms with Gasteiger partial charge in [0.25, 0.3) is 0 Å². The summed E-state index contributed by atoms with van der Waals surface area (Å²) in [4.78, 5) is 22.6. The highest BCUT2D eigenvalue weighted by Crippen LogP contribution is 2.22. The van der Waals surface area contributed by atoms with E-state index in [2.05, 4.69) is 10.6 Å². The maximum atomic E-state index is 13.5. The van der Waals surface area contributed by atoms with Gasteiger partial charge in [-0.05, 0) is 25.0 Å². The number of amides is 2. The minimum Gasteiger partial charge on any atom is -0.481 e. The number of hydrogen-bond acceptors (Lipinski definition) is 4. The van der Waals surface area contributed by atoms with Crippen LogP contribution in [-0.2, 0) is 9.53 Å². The van der Waals surface area contributed by atoms with Gasteiger partial charge < -0.3 is 25.6 Å². The number of aliphatic hydroxyl groups excluding tert-OH is 1. The van der Waals surface area contributed by atoms with Crippen LogP contribution in [0.25, 0.3) is 0 Å². The minimum atomic E-state index is -1.01. The third-order valence-electron chi connectivity index (χ3n) is 3.69. The molecule has 0 radical (unpaired) electrons. The summed E-state index contributed by atoms with van der Waals surface area (Å²) < 4.78 is 32.0. The molecule has 3 atom stereocenters. The van der Waals surface area contributed by atoms with Crippen molar-refractivity contribution in [2.45, 2.75) is 37.5 Å². The van der Waals surface area contributed by atoms with Crippen LogP contribution in [-0.4, -0.2) is 47.1 Å². The summed E-state index contributed by atoms with van der Waals surface area (Å²) in [6.07, 6.45) is -0.721. The summed E-state index contributed by atoms with van der Waals surface area (Å²) in [5, 5.41) is 22.8. The summed E-state index contributed by atoms with van der Waals surface area (Å²) >= 11 is 0. The third-order valence-corrected chi connectivity index (χ3v) is 3.69. The monoisotopic (exact) mass is 344 g/mol. The number of urea groups is 1. The molecule has 2 amide bonds. The second-order valence-corrected chi connectivity index (χ2v) is 5.48. The first-order valence-corrected chi connectivity index (χ1v) is 7.39. The Labute approximate surface area is 136 Å². The highest BCUT2D eigenvalue weighted by Gasteiger charge is 2.32. The maximum absolute atomic E-state index is 13.5. The van der Waals surface area contributed by atoms with Gasteiger partial charge in [0, 0.05) is 6.07 Å². The Kier molecular flexibility index (Phi) is 6.04. The van der Waals surface area contributed by atoms with E-state index in [1.165, 1.54) is 0 Å². The standard InChI is InChI=1S/C15H18F2N2O5/c16-8-1-3-10(17)12(5-8)19-15(23)18-11-4-2-9(6-14(21)22)24-13(11)7-20/h1,3,5,9,11,13,20H,2,4,6-7H2,(H,21,22)(H2,18,19,23)/t9-,11-,13+/m1/s1. The van der Waals surface area contributed by atoms with Crippen LogP contribution in [0.15, 0.2) is 18.2 Å². The number of carboxylic acid groups (broad SMARTS) is 1. The van der Waals surface area contributed by atoms with Gasteiger partial charge in [-0.2, -0.15) is 0 Å². The van der Waals surface area contributed by atoms with Crippen molar-refractivity contribution in [3.8, 4) is 0 Å². The van der Waals surface area contributed by atoms with Crippen LogP contribution in [0.1, 0.15) is 19.3 Å². The molecular formula is C15H18F2N2O5. The molecule has 0 unspecified atom stereocenters. The van der Waals surface area contributed by atoms with Crippen LogP contribution in [0.5, 0.6) is 0 Å². The number of carboxylic acids is 1. The number of carbonyl (C=O) groups excluding carboxylic acids is 1. The molecule has 2 rings (SSSR count). The smallest absolute Gasteiger partial charge is 0.319 e. The number of halogens is 2. The quantitative estimate of drug-likeness (QED) is 0.647. The number of carbonyl (C=O) groups is 2. The normalized spacial score (nSPS) is 23.5. The lowest BCUT2D eigenvalue weighted by Crippen LogP contribution is -2.52. The molecule has 0 saturated carbocycles. The Morgan fingerprint density at radius 3 is 2.71 bits per heavy atom. The lowest BCUT2D eigenvalue weighted by molar-refractivity contribution is -0.145. The average molecular weight is 344 g/mol. The van der Waals surface area contributed by atoms with Gasteiger partial charge in [0.05, 0.1) is 30.9 Å². The van der Waals surface area contributed by atoms with E-state index in [1.54, 1.807) is 0 Å². The predicted molar refractivity (Wildman–Crippen MR) is 79.5 cm³/mol. The van der Waals surface area contributed by atoms with E-state index in [9.17, 15) is 23.5 Å². The molecule has 0 spiro atoms. The van der Waals surface area contributed by atoms with Crippen molar-refractivity contribution < 1.29 is 33.3 Å². The molecule has 0 aliphatic carbocycles. The predicted octanol–water partition coefficient (Wildman–Crippen LogP) is 1.47. The van der Waals surface area contributed by atoms with E-state index < -0.39 is 48.5 Å². The Hall–Kier alpha value is -2.26. The van der Waals surface area contributed by atoms with E-state index in [-0.39, 0.29) is 12.1 Å². The maximum Gasteiger partial charge on any atom is 0.319 e. The van der Waals surface area contributed by atoms with Crippen molar-refractivity contribution in [3.63, 3.8) is 0 Å². The van der Waals surface area contributed by atoms with Gasteiger partial charge in [-0.15, -0.1) is 0 Å². The summed E-state index contributed by atoms with van der Waals surface area (Å²) in [5.74, 6) is -2.49. The van der Waals surface area contributed by atoms with Crippen molar-refractivity contribution in [1.82, 2.24) is 5.32 Å². The molecule has 1 aliphatic rings. The van der Waals surface area contributed by atoms with E-state index >= 15 is 0 Å². The van der Waals surface area contributed by atoms with Crippen LogP contribution in [0.2, 0.25) is 0 Å². The molecule has 1 heterocycles. The van der Waals surface area contributed by atoms with Gasteiger partial charge in [-0.3, -0.25) is 4.79 Å².